The molecule has 0 amide bonds. The second-order valence-electron chi connectivity index (χ2n) is 3.58. The number of anilines is 1. The van der Waals surface area contributed by atoms with E-state index >= 15 is 0 Å². The van der Waals surface area contributed by atoms with E-state index in [1.54, 1.807) is 11.8 Å². The molecule has 2 rings (SSSR count). The Kier molecular flexibility index (Phi) is 3.10. The van der Waals surface area contributed by atoms with E-state index in [1.807, 2.05) is 37.5 Å². The van der Waals surface area contributed by atoms with Gasteiger partial charge in [0.15, 0.2) is 0 Å². The quantitative estimate of drug-likeness (QED) is 0.851. The van der Waals surface area contributed by atoms with Crippen LogP contribution in [0, 0.1) is 0 Å². The molecule has 0 radical (unpaired) electrons. The van der Waals surface area contributed by atoms with Crippen molar-refractivity contribution >= 4 is 5.82 Å². The SMILES string of the molecule is COc1cccc(CNc2ccn(C)n2)c1. The Morgan fingerprint density at radius 1 is 1.38 bits per heavy atom. The van der Waals surface area contributed by atoms with Crippen LogP contribution >= 0.6 is 0 Å². The molecule has 1 aromatic carbocycles. The first-order valence-corrected chi connectivity index (χ1v) is 5.14. The van der Waals surface area contributed by atoms with Crippen molar-refractivity contribution in [3.8, 4) is 5.75 Å². The Hall–Kier alpha value is -1.97. The van der Waals surface area contributed by atoms with Gasteiger partial charge in [-0.05, 0) is 17.7 Å². The summed E-state index contributed by atoms with van der Waals surface area (Å²) in [4.78, 5) is 0. The van der Waals surface area contributed by atoms with Gasteiger partial charge in [0, 0.05) is 25.9 Å². The minimum atomic E-state index is 0.744. The second-order valence-corrected chi connectivity index (χ2v) is 3.58. The number of benzene rings is 1. The smallest absolute Gasteiger partial charge is 0.148 e. The number of aryl methyl sites for hydroxylation is 1. The molecule has 0 atom stereocenters. The first kappa shape index (κ1) is 10.5. The van der Waals surface area contributed by atoms with Crippen molar-refractivity contribution in [3.63, 3.8) is 0 Å². The molecule has 1 heterocycles. The molecule has 2 aromatic rings. The van der Waals surface area contributed by atoms with Gasteiger partial charge in [0.1, 0.15) is 11.6 Å². The van der Waals surface area contributed by atoms with Gasteiger partial charge < -0.3 is 10.1 Å². The fourth-order valence-electron chi connectivity index (χ4n) is 1.48. The number of nitrogens with zero attached hydrogens (tertiary/aromatic N) is 2. The molecule has 0 aliphatic heterocycles. The minimum Gasteiger partial charge on any atom is -0.497 e. The summed E-state index contributed by atoms with van der Waals surface area (Å²) in [5.74, 6) is 1.76. The average molecular weight is 217 g/mol. The monoisotopic (exact) mass is 217 g/mol. The highest BCUT2D eigenvalue weighted by molar-refractivity contribution is 5.35. The summed E-state index contributed by atoms with van der Waals surface area (Å²) in [7, 11) is 3.57. The fourth-order valence-corrected chi connectivity index (χ4v) is 1.48. The summed E-state index contributed by atoms with van der Waals surface area (Å²) in [5, 5.41) is 7.49. The molecule has 1 N–H and O–H groups in total. The lowest BCUT2D eigenvalue weighted by atomic mass is 10.2. The highest BCUT2D eigenvalue weighted by atomic mass is 16.5. The maximum Gasteiger partial charge on any atom is 0.148 e. The summed E-state index contributed by atoms with van der Waals surface area (Å²) >= 11 is 0. The van der Waals surface area contributed by atoms with Crippen LogP contribution in [0.1, 0.15) is 5.56 Å². The predicted octanol–water partition coefficient (Wildman–Crippen LogP) is 2.04. The summed E-state index contributed by atoms with van der Waals surface area (Å²) in [6.07, 6.45) is 1.91. The van der Waals surface area contributed by atoms with Crippen molar-refractivity contribution in [1.82, 2.24) is 9.78 Å². The van der Waals surface area contributed by atoms with Gasteiger partial charge in [-0.1, -0.05) is 12.1 Å². The maximum atomic E-state index is 5.16. The van der Waals surface area contributed by atoms with Crippen molar-refractivity contribution < 1.29 is 4.74 Å². The average Bonchev–Trinajstić information content (AvgIpc) is 2.73. The van der Waals surface area contributed by atoms with Gasteiger partial charge in [-0.15, -0.1) is 0 Å². The Morgan fingerprint density at radius 3 is 2.94 bits per heavy atom. The van der Waals surface area contributed by atoms with Crippen LogP contribution < -0.4 is 10.1 Å². The summed E-state index contributed by atoms with van der Waals surface area (Å²) in [6.45, 7) is 0.744. The third-order valence-corrected chi connectivity index (χ3v) is 2.32. The van der Waals surface area contributed by atoms with E-state index in [9.17, 15) is 0 Å². The molecule has 0 aliphatic carbocycles. The molecule has 4 nitrogen and oxygen atoms in total. The highest BCUT2D eigenvalue weighted by Gasteiger charge is 1.98. The molecule has 0 saturated heterocycles. The van der Waals surface area contributed by atoms with Gasteiger partial charge in [-0.25, -0.2) is 0 Å². The number of nitrogens with one attached hydrogen (secondary N) is 1. The van der Waals surface area contributed by atoms with Crippen molar-refractivity contribution in [2.24, 2.45) is 7.05 Å². The third-order valence-electron chi connectivity index (χ3n) is 2.32. The standard InChI is InChI=1S/C12H15N3O/c1-15-7-6-12(14-15)13-9-10-4-3-5-11(8-10)16-2/h3-8H,9H2,1-2H3,(H,13,14). The summed E-state index contributed by atoms with van der Waals surface area (Å²) in [6, 6.07) is 9.92. The molecule has 0 spiro atoms. The van der Waals surface area contributed by atoms with Crippen LogP contribution in [-0.2, 0) is 13.6 Å². The number of ether oxygens (including phenoxy) is 1. The van der Waals surface area contributed by atoms with Crippen molar-refractivity contribution in [2.45, 2.75) is 6.54 Å². The van der Waals surface area contributed by atoms with Gasteiger partial charge >= 0.3 is 0 Å². The number of rotatable bonds is 4. The number of aromatic nitrogens is 2. The Balaban J connectivity index is 1.99. The zero-order valence-corrected chi connectivity index (χ0v) is 9.47. The lowest BCUT2D eigenvalue weighted by molar-refractivity contribution is 0.414. The summed E-state index contributed by atoms with van der Waals surface area (Å²) in [5.41, 5.74) is 1.17. The molecule has 0 aliphatic rings. The maximum absolute atomic E-state index is 5.16. The van der Waals surface area contributed by atoms with Crippen LogP contribution in [0.15, 0.2) is 36.5 Å². The molecule has 0 bridgehead atoms. The lowest BCUT2D eigenvalue weighted by Gasteiger charge is -2.05. The first-order chi connectivity index (χ1) is 7.78. The van der Waals surface area contributed by atoms with Gasteiger partial charge in [0.2, 0.25) is 0 Å². The van der Waals surface area contributed by atoms with E-state index in [-0.39, 0.29) is 0 Å². The normalized spacial score (nSPS) is 10.1. The third kappa shape index (κ3) is 2.53. The van der Waals surface area contributed by atoms with Crippen LogP contribution in [0.3, 0.4) is 0 Å². The summed E-state index contributed by atoms with van der Waals surface area (Å²) < 4.78 is 6.94. The van der Waals surface area contributed by atoms with E-state index in [0.29, 0.717) is 0 Å². The van der Waals surface area contributed by atoms with Crippen LogP contribution in [-0.4, -0.2) is 16.9 Å². The van der Waals surface area contributed by atoms with E-state index in [0.717, 1.165) is 18.1 Å². The van der Waals surface area contributed by atoms with Crippen molar-refractivity contribution in [2.75, 3.05) is 12.4 Å². The van der Waals surface area contributed by atoms with E-state index in [2.05, 4.69) is 16.5 Å². The minimum absolute atomic E-state index is 0.744. The van der Waals surface area contributed by atoms with Gasteiger partial charge in [0.05, 0.1) is 7.11 Å². The first-order valence-electron chi connectivity index (χ1n) is 5.14. The molecule has 1 aromatic heterocycles. The van der Waals surface area contributed by atoms with E-state index < -0.39 is 0 Å². The molecule has 0 unspecified atom stereocenters. The van der Waals surface area contributed by atoms with Crippen LogP contribution in [0.2, 0.25) is 0 Å². The zero-order chi connectivity index (χ0) is 11.4. The number of hydrogen-bond donors (Lipinski definition) is 1. The Labute approximate surface area is 94.9 Å². The molecule has 84 valence electrons. The lowest BCUT2D eigenvalue weighted by Crippen LogP contribution is -2.01. The molecule has 16 heavy (non-hydrogen) atoms. The van der Waals surface area contributed by atoms with Crippen molar-refractivity contribution in [3.05, 3.63) is 42.1 Å². The second kappa shape index (κ2) is 4.70. The van der Waals surface area contributed by atoms with Gasteiger partial charge in [0.25, 0.3) is 0 Å². The van der Waals surface area contributed by atoms with Gasteiger partial charge in [-0.2, -0.15) is 5.10 Å². The van der Waals surface area contributed by atoms with Crippen LogP contribution in [0.4, 0.5) is 5.82 Å². The largest absolute Gasteiger partial charge is 0.497 e. The fraction of sp³-hybridized carbons (Fsp3) is 0.250. The Morgan fingerprint density at radius 2 is 2.25 bits per heavy atom. The number of hydrogen-bond acceptors (Lipinski definition) is 3. The van der Waals surface area contributed by atoms with Crippen LogP contribution in [0.25, 0.3) is 0 Å². The molecule has 0 fully saturated rings. The van der Waals surface area contributed by atoms with E-state index in [4.69, 9.17) is 4.74 Å². The van der Waals surface area contributed by atoms with E-state index in [1.165, 1.54) is 5.56 Å². The molecular formula is C12H15N3O. The predicted molar refractivity (Wildman–Crippen MR) is 63.5 cm³/mol. The van der Waals surface area contributed by atoms with Gasteiger partial charge in [-0.3, -0.25) is 4.68 Å². The highest BCUT2D eigenvalue weighted by Crippen LogP contribution is 2.13. The molecule has 4 heteroatoms. The molecular weight excluding hydrogens is 202 g/mol. The topological polar surface area (TPSA) is 39.1 Å². The number of methoxy groups -OCH3 is 1. The Bertz CT molecular complexity index is 465. The van der Waals surface area contributed by atoms with Crippen molar-refractivity contribution in [1.29, 1.82) is 0 Å². The molecule has 0 saturated carbocycles. The zero-order valence-electron chi connectivity index (χ0n) is 9.47. The van der Waals surface area contributed by atoms with Crippen LogP contribution in [0.5, 0.6) is 5.75 Å².